The molecule has 0 unspecified atom stereocenters. The average Bonchev–Trinajstić information content (AvgIpc) is 3.15. The quantitative estimate of drug-likeness (QED) is 0.803. The number of nitrogens with zero attached hydrogens (tertiary/aromatic N) is 2. The van der Waals surface area contributed by atoms with Gasteiger partial charge in [0, 0.05) is 43.9 Å². The van der Waals surface area contributed by atoms with Crippen LogP contribution in [0.3, 0.4) is 0 Å². The van der Waals surface area contributed by atoms with Crippen LogP contribution in [-0.4, -0.2) is 43.6 Å². The van der Waals surface area contributed by atoms with Gasteiger partial charge >= 0.3 is 6.18 Å². The largest absolute Gasteiger partial charge is 0.493 e. The van der Waals surface area contributed by atoms with Crippen LogP contribution in [-0.2, 0) is 12.6 Å². The molecule has 4 nitrogen and oxygen atoms in total. The Kier molecular flexibility index (Phi) is 4.45. The fraction of sp³-hybridized carbons (Fsp3) is 0.350. The highest BCUT2D eigenvalue weighted by Gasteiger charge is 2.31. The Balaban J connectivity index is 1.42. The topological polar surface area (TPSA) is 32.8 Å². The van der Waals surface area contributed by atoms with Crippen LogP contribution in [0.1, 0.15) is 21.5 Å². The van der Waals surface area contributed by atoms with Gasteiger partial charge in [-0.1, -0.05) is 6.07 Å². The van der Waals surface area contributed by atoms with Crippen molar-refractivity contribution in [3.8, 4) is 5.75 Å². The van der Waals surface area contributed by atoms with Gasteiger partial charge < -0.3 is 14.5 Å². The number of hydrogen-bond acceptors (Lipinski definition) is 3. The van der Waals surface area contributed by atoms with E-state index in [2.05, 4.69) is 0 Å². The zero-order valence-electron chi connectivity index (χ0n) is 14.6. The summed E-state index contributed by atoms with van der Waals surface area (Å²) in [5.41, 5.74) is 1.56. The summed E-state index contributed by atoms with van der Waals surface area (Å²) in [5.74, 6) is 0.786. The fourth-order valence-electron chi connectivity index (χ4n) is 3.55. The average molecular weight is 376 g/mol. The van der Waals surface area contributed by atoms with Gasteiger partial charge in [0.05, 0.1) is 12.2 Å². The van der Waals surface area contributed by atoms with Crippen molar-refractivity contribution in [2.24, 2.45) is 0 Å². The highest BCUT2D eigenvalue weighted by atomic mass is 19.4. The van der Waals surface area contributed by atoms with Crippen molar-refractivity contribution in [3.05, 3.63) is 59.2 Å². The number of anilines is 1. The molecule has 0 N–H and O–H groups in total. The van der Waals surface area contributed by atoms with E-state index in [9.17, 15) is 18.0 Å². The number of halogens is 3. The second-order valence-electron chi connectivity index (χ2n) is 6.75. The molecule has 1 saturated heterocycles. The smallest absolute Gasteiger partial charge is 0.416 e. The maximum atomic E-state index is 12.9. The van der Waals surface area contributed by atoms with Gasteiger partial charge in [-0.2, -0.15) is 13.2 Å². The number of fused-ring (bicyclic) bond motifs is 1. The number of carbonyl (C=O) groups is 1. The standard InChI is InChI=1S/C20H19F3N2O2/c21-20(22,23)16-2-1-3-17(13-16)24-7-9-25(10-8-24)19(26)15-4-5-18-14(12-15)6-11-27-18/h1-5,12-13H,6-11H2. The summed E-state index contributed by atoms with van der Waals surface area (Å²) in [6, 6.07) is 10.8. The van der Waals surface area contributed by atoms with Gasteiger partial charge in [0.2, 0.25) is 0 Å². The zero-order valence-corrected chi connectivity index (χ0v) is 14.6. The number of alkyl halides is 3. The maximum Gasteiger partial charge on any atom is 0.416 e. The van der Waals surface area contributed by atoms with E-state index in [0.29, 0.717) is 44.0 Å². The molecule has 0 spiro atoms. The molecular weight excluding hydrogens is 357 g/mol. The van der Waals surface area contributed by atoms with Gasteiger partial charge in [-0.05, 0) is 42.0 Å². The number of benzene rings is 2. The Hall–Kier alpha value is -2.70. The number of rotatable bonds is 2. The van der Waals surface area contributed by atoms with E-state index < -0.39 is 11.7 Å². The van der Waals surface area contributed by atoms with E-state index in [1.54, 1.807) is 17.0 Å². The molecule has 2 aromatic rings. The first kappa shape index (κ1) is 17.7. The summed E-state index contributed by atoms with van der Waals surface area (Å²) < 4.78 is 44.2. The van der Waals surface area contributed by atoms with Crippen LogP contribution in [0.2, 0.25) is 0 Å². The monoisotopic (exact) mass is 376 g/mol. The number of carbonyl (C=O) groups excluding carboxylic acids is 1. The Morgan fingerprint density at radius 1 is 1.00 bits per heavy atom. The lowest BCUT2D eigenvalue weighted by Crippen LogP contribution is -2.48. The first-order valence-electron chi connectivity index (χ1n) is 8.89. The van der Waals surface area contributed by atoms with Gasteiger partial charge in [0.1, 0.15) is 5.75 Å². The Morgan fingerprint density at radius 3 is 2.52 bits per heavy atom. The Morgan fingerprint density at radius 2 is 1.78 bits per heavy atom. The van der Waals surface area contributed by atoms with E-state index >= 15 is 0 Å². The molecule has 142 valence electrons. The van der Waals surface area contributed by atoms with Crippen molar-refractivity contribution >= 4 is 11.6 Å². The molecule has 2 aliphatic rings. The molecule has 0 bridgehead atoms. The predicted octanol–water partition coefficient (Wildman–Crippen LogP) is 3.60. The third-order valence-electron chi connectivity index (χ3n) is 5.04. The summed E-state index contributed by atoms with van der Waals surface area (Å²) in [6.07, 6.45) is -3.55. The number of ether oxygens (including phenoxy) is 1. The van der Waals surface area contributed by atoms with Crippen LogP contribution >= 0.6 is 0 Å². The highest BCUT2D eigenvalue weighted by molar-refractivity contribution is 5.94. The minimum Gasteiger partial charge on any atom is -0.493 e. The maximum absolute atomic E-state index is 12.9. The first-order valence-corrected chi connectivity index (χ1v) is 8.89. The molecule has 0 aromatic heterocycles. The molecule has 0 aliphatic carbocycles. The molecule has 2 heterocycles. The molecule has 0 radical (unpaired) electrons. The molecule has 27 heavy (non-hydrogen) atoms. The molecular formula is C20H19F3N2O2. The molecule has 7 heteroatoms. The minimum absolute atomic E-state index is 0.0478. The van der Waals surface area contributed by atoms with E-state index in [0.717, 1.165) is 29.9 Å². The van der Waals surface area contributed by atoms with Crippen LogP contribution in [0.4, 0.5) is 18.9 Å². The van der Waals surface area contributed by atoms with E-state index in [-0.39, 0.29) is 5.91 Å². The SMILES string of the molecule is O=C(c1ccc2c(c1)CCO2)N1CCN(c2cccc(C(F)(F)F)c2)CC1. The van der Waals surface area contributed by atoms with Crippen molar-refractivity contribution in [1.82, 2.24) is 4.90 Å². The fourth-order valence-corrected chi connectivity index (χ4v) is 3.55. The normalized spacial score (nSPS) is 16.9. The second kappa shape index (κ2) is 6.79. The summed E-state index contributed by atoms with van der Waals surface area (Å²) in [4.78, 5) is 16.4. The molecule has 2 aliphatic heterocycles. The first-order chi connectivity index (χ1) is 12.9. The molecule has 0 saturated carbocycles. The van der Waals surface area contributed by atoms with Crippen molar-refractivity contribution in [1.29, 1.82) is 0 Å². The zero-order chi connectivity index (χ0) is 19.0. The molecule has 0 atom stereocenters. The van der Waals surface area contributed by atoms with Gasteiger partial charge in [-0.15, -0.1) is 0 Å². The van der Waals surface area contributed by atoms with Gasteiger partial charge in [0.25, 0.3) is 5.91 Å². The molecule has 2 aromatic carbocycles. The van der Waals surface area contributed by atoms with Crippen LogP contribution in [0.15, 0.2) is 42.5 Å². The van der Waals surface area contributed by atoms with Crippen molar-refractivity contribution in [2.45, 2.75) is 12.6 Å². The molecule has 4 rings (SSSR count). The van der Waals surface area contributed by atoms with Crippen molar-refractivity contribution in [3.63, 3.8) is 0 Å². The van der Waals surface area contributed by atoms with Gasteiger partial charge in [-0.25, -0.2) is 0 Å². The van der Waals surface area contributed by atoms with Gasteiger partial charge in [0.15, 0.2) is 0 Å². The third kappa shape index (κ3) is 3.59. The van der Waals surface area contributed by atoms with Crippen molar-refractivity contribution in [2.75, 3.05) is 37.7 Å². The van der Waals surface area contributed by atoms with Gasteiger partial charge in [-0.3, -0.25) is 4.79 Å². The lowest BCUT2D eigenvalue weighted by Gasteiger charge is -2.36. The van der Waals surface area contributed by atoms with Crippen LogP contribution in [0.5, 0.6) is 5.75 Å². The predicted molar refractivity (Wildman–Crippen MR) is 95.2 cm³/mol. The van der Waals surface area contributed by atoms with Crippen LogP contribution in [0, 0.1) is 0 Å². The summed E-state index contributed by atoms with van der Waals surface area (Å²) >= 11 is 0. The lowest BCUT2D eigenvalue weighted by molar-refractivity contribution is -0.137. The third-order valence-corrected chi connectivity index (χ3v) is 5.04. The molecule has 1 fully saturated rings. The molecule has 1 amide bonds. The summed E-state index contributed by atoms with van der Waals surface area (Å²) in [5, 5.41) is 0. The Bertz CT molecular complexity index is 859. The van der Waals surface area contributed by atoms with E-state index in [4.69, 9.17) is 4.74 Å². The van der Waals surface area contributed by atoms with Crippen LogP contribution in [0.25, 0.3) is 0 Å². The number of hydrogen-bond donors (Lipinski definition) is 0. The highest BCUT2D eigenvalue weighted by Crippen LogP contribution is 2.32. The Labute approximate surface area is 155 Å². The lowest BCUT2D eigenvalue weighted by atomic mass is 10.1. The van der Waals surface area contributed by atoms with E-state index in [1.165, 1.54) is 6.07 Å². The summed E-state index contributed by atoms with van der Waals surface area (Å²) in [6.45, 7) is 2.59. The number of amides is 1. The minimum atomic E-state index is -4.36. The number of piperazine rings is 1. The van der Waals surface area contributed by atoms with Crippen molar-refractivity contribution < 1.29 is 22.7 Å². The van der Waals surface area contributed by atoms with Crippen LogP contribution < -0.4 is 9.64 Å². The van der Waals surface area contributed by atoms with E-state index in [1.807, 2.05) is 17.0 Å². The second-order valence-corrected chi connectivity index (χ2v) is 6.75. The summed E-state index contributed by atoms with van der Waals surface area (Å²) in [7, 11) is 0.